The first kappa shape index (κ1) is 25.8. The van der Waals surface area contributed by atoms with Gasteiger partial charge in [-0.25, -0.2) is 18.2 Å². The summed E-state index contributed by atoms with van der Waals surface area (Å²) in [6, 6.07) is 9.45. The van der Waals surface area contributed by atoms with Gasteiger partial charge in [0.15, 0.2) is 0 Å². The average molecular weight is 536 g/mol. The number of benzene rings is 2. The number of hydrogen-bond donors (Lipinski definition) is 0. The number of hydrogen-bond acceptors (Lipinski definition) is 3. The minimum absolute atomic E-state index is 0.0335. The van der Waals surface area contributed by atoms with E-state index in [1.165, 1.54) is 17.0 Å². The van der Waals surface area contributed by atoms with Crippen LogP contribution in [0.15, 0.2) is 60.9 Å². The highest BCUT2D eigenvalue weighted by Crippen LogP contribution is 2.46. The number of alkyl halides is 5. The molecule has 5 rings (SSSR count). The molecule has 0 radical (unpaired) electrons. The molecule has 200 valence electrons. The van der Waals surface area contributed by atoms with Crippen LogP contribution in [0.5, 0.6) is 0 Å². The lowest BCUT2D eigenvalue weighted by Crippen LogP contribution is -2.47. The van der Waals surface area contributed by atoms with Gasteiger partial charge in [-0.3, -0.25) is 14.5 Å². The molecule has 1 saturated carbocycles. The number of amides is 2. The molecule has 2 aliphatic rings. The largest absolute Gasteiger partial charge is 0.449 e. The molecule has 0 saturated heterocycles. The average Bonchev–Trinajstić information content (AvgIpc) is 3.43. The van der Waals surface area contributed by atoms with E-state index >= 15 is 0 Å². The van der Waals surface area contributed by atoms with Crippen LogP contribution in [0.2, 0.25) is 0 Å². The van der Waals surface area contributed by atoms with E-state index in [1.54, 1.807) is 24.3 Å². The minimum atomic E-state index is -4.83. The molecule has 0 bridgehead atoms. The van der Waals surface area contributed by atoms with Crippen LogP contribution in [0.1, 0.15) is 43.1 Å². The highest BCUT2D eigenvalue weighted by atomic mass is 19.4. The summed E-state index contributed by atoms with van der Waals surface area (Å²) in [5.41, 5.74) is 0.758. The van der Waals surface area contributed by atoms with Crippen molar-refractivity contribution in [2.45, 2.75) is 56.4 Å². The molecule has 1 aromatic heterocycles. The summed E-state index contributed by atoms with van der Waals surface area (Å²) in [4.78, 5) is 33.2. The molecule has 2 amide bonds. The van der Waals surface area contributed by atoms with Gasteiger partial charge in [0.1, 0.15) is 18.4 Å². The van der Waals surface area contributed by atoms with Gasteiger partial charge in [0, 0.05) is 48.2 Å². The van der Waals surface area contributed by atoms with Gasteiger partial charge < -0.3 is 9.47 Å². The summed E-state index contributed by atoms with van der Waals surface area (Å²) in [5.74, 6) is -6.36. The molecule has 38 heavy (non-hydrogen) atoms. The van der Waals surface area contributed by atoms with Gasteiger partial charge >= 0.3 is 6.18 Å². The number of imidazole rings is 1. The monoisotopic (exact) mass is 536 g/mol. The van der Waals surface area contributed by atoms with Crippen molar-refractivity contribution in [3.05, 3.63) is 78.1 Å². The Balaban J connectivity index is 1.56. The van der Waals surface area contributed by atoms with Crippen LogP contribution in [-0.4, -0.2) is 33.3 Å². The van der Waals surface area contributed by atoms with E-state index in [-0.39, 0.29) is 18.5 Å². The molecule has 1 fully saturated rings. The fourth-order valence-electron chi connectivity index (χ4n) is 5.21. The van der Waals surface area contributed by atoms with Crippen LogP contribution in [0, 0.1) is 5.82 Å². The minimum Gasteiger partial charge on any atom is -0.318 e. The topological polar surface area (TPSA) is 58.4 Å². The Bertz CT molecular complexity index is 1360. The van der Waals surface area contributed by atoms with Crippen molar-refractivity contribution in [1.82, 2.24) is 9.55 Å². The third-order valence-corrected chi connectivity index (χ3v) is 6.90. The standard InChI is InChI=1S/C26H22F6N4O2/c27-16-4-3-5-18(14-16)36(21(37)15-34-13-12-33-24(34)26(30,31)32)22-19-6-1-2-7-20(19)35(23(22)38)17-8-10-25(28,29)11-9-17/h1-7,12-14,17,22H,8-11,15H2. The smallest absolute Gasteiger partial charge is 0.318 e. The fourth-order valence-corrected chi connectivity index (χ4v) is 5.21. The molecule has 1 unspecified atom stereocenters. The number of fused-ring (bicyclic) bond motifs is 1. The second kappa shape index (κ2) is 9.48. The number of para-hydroxylation sites is 1. The number of rotatable bonds is 5. The van der Waals surface area contributed by atoms with Crippen molar-refractivity contribution in [3.8, 4) is 0 Å². The number of anilines is 2. The maximum atomic E-state index is 14.2. The molecule has 0 spiro atoms. The van der Waals surface area contributed by atoms with Gasteiger partial charge in [-0.05, 0) is 37.1 Å². The molecule has 2 aromatic carbocycles. The third-order valence-electron chi connectivity index (χ3n) is 6.90. The number of nitrogens with zero attached hydrogens (tertiary/aromatic N) is 4. The first-order valence-electron chi connectivity index (χ1n) is 11.9. The first-order chi connectivity index (χ1) is 18.0. The predicted octanol–water partition coefficient (Wildman–Crippen LogP) is 5.74. The highest BCUT2D eigenvalue weighted by molar-refractivity contribution is 6.11. The van der Waals surface area contributed by atoms with Crippen LogP contribution in [0.4, 0.5) is 37.7 Å². The molecule has 1 aliphatic heterocycles. The van der Waals surface area contributed by atoms with Crippen LogP contribution < -0.4 is 9.80 Å². The molecule has 0 N–H and O–H groups in total. The molecule has 1 atom stereocenters. The summed E-state index contributed by atoms with van der Waals surface area (Å²) in [5, 5.41) is 0. The number of halogens is 6. The summed E-state index contributed by atoms with van der Waals surface area (Å²) in [7, 11) is 0. The molecule has 12 heteroatoms. The van der Waals surface area contributed by atoms with Crippen molar-refractivity contribution < 1.29 is 35.9 Å². The Morgan fingerprint density at radius 1 is 1.08 bits per heavy atom. The number of aromatic nitrogens is 2. The van der Waals surface area contributed by atoms with E-state index in [0.717, 1.165) is 29.4 Å². The van der Waals surface area contributed by atoms with Gasteiger partial charge in [0.25, 0.3) is 5.91 Å². The Morgan fingerprint density at radius 2 is 1.79 bits per heavy atom. The second-order valence-electron chi connectivity index (χ2n) is 9.38. The van der Waals surface area contributed by atoms with Crippen molar-refractivity contribution in [2.75, 3.05) is 9.80 Å². The number of carbonyl (C=O) groups excluding carboxylic acids is 2. The van der Waals surface area contributed by atoms with Crippen molar-refractivity contribution in [3.63, 3.8) is 0 Å². The molecule has 6 nitrogen and oxygen atoms in total. The lowest BCUT2D eigenvalue weighted by Gasteiger charge is -2.35. The van der Waals surface area contributed by atoms with Crippen molar-refractivity contribution in [1.29, 1.82) is 0 Å². The van der Waals surface area contributed by atoms with Crippen LogP contribution >= 0.6 is 0 Å². The highest BCUT2D eigenvalue weighted by Gasteiger charge is 2.48. The van der Waals surface area contributed by atoms with E-state index in [2.05, 4.69) is 4.98 Å². The molecular weight excluding hydrogens is 514 g/mol. The van der Waals surface area contributed by atoms with Crippen LogP contribution in [-0.2, 0) is 22.3 Å². The summed E-state index contributed by atoms with van der Waals surface area (Å²) < 4.78 is 82.8. The van der Waals surface area contributed by atoms with Gasteiger partial charge in [0.2, 0.25) is 17.7 Å². The molecule has 2 heterocycles. The summed E-state index contributed by atoms with van der Waals surface area (Å²) in [6.07, 6.45) is -3.66. The summed E-state index contributed by atoms with van der Waals surface area (Å²) in [6.45, 7) is -0.826. The van der Waals surface area contributed by atoms with Gasteiger partial charge in [-0.1, -0.05) is 24.3 Å². The first-order valence-corrected chi connectivity index (χ1v) is 11.9. The number of carbonyl (C=O) groups is 2. The van der Waals surface area contributed by atoms with E-state index in [0.29, 0.717) is 15.8 Å². The zero-order valence-corrected chi connectivity index (χ0v) is 19.8. The fraction of sp³-hybridized carbons (Fsp3) is 0.346. The van der Waals surface area contributed by atoms with E-state index in [4.69, 9.17) is 0 Å². The predicted molar refractivity (Wildman–Crippen MR) is 125 cm³/mol. The second-order valence-corrected chi connectivity index (χ2v) is 9.38. The molecule has 3 aromatic rings. The zero-order valence-electron chi connectivity index (χ0n) is 19.8. The summed E-state index contributed by atoms with van der Waals surface area (Å²) >= 11 is 0. The Labute approximate surface area is 213 Å². The SMILES string of the molecule is O=C1C(N(C(=O)Cn2ccnc2C(F)(F)F)c2cccc(F)c2)c2ccccc2N1C1CCC(F)(F)CC1. The van der Waals surface area contributed by atoms with E-state index < -0.39 is 67.0 Å². The van der Waals surface area contributed by atoms with Gasteiger partial charge in [-0.15, -0.1) is 0 Å². The normalized spacial score (nSPS) is 19.5. The maximum absolute atomic E-state index is 14.2. The lowest BCUT2D eigenvalue weighted by atomic mass is 9.91. The lowest BCUT2D eigenvalue weighted by molar-refractivity contribution is -0.147. The Kier molecular flexibility index (Phi) is 6.44. The van der Waals surface area contributed by atoms with Crippen LogP contribution in [0.3, 0.4) is 0 Å². The zero-order chi connectivity index (χ0) is 27.2. The Hall–Kier alpha value is -3.83. The van der Waals surface area contributed by atoms with Gasteiger partial charge in [0.05, 0.1) is 0 Å². The van der Waals surface area contributed by atoms with Crippen LogP contribution in [0.25, 0.3) is 0 Å². The molecular formula is C26H22F6N4O2. The van der Waals surface area contributed by atoms with Crippen molar-refractivity contribution >= 4 is 23.2 Å². The van der Waals surface area contributed by atoms with Gasteiger partial charge in [-0.2, -0.15) is 13.2 Å². The molecule has 1 aliphatic carbocycles. The van der Waals surface area contributed by atoms with Crippen molar-refractivity contribution in [2.24, 2.45) is 0 Å². The van der Waals surface area contributed by atoms with E-state index in [9.17, 15) is 35.9 Å². The third kappa shape index (κ3) is 4.74. The quantitative estimate of drug-likeness (QED) is 0.391. The van der Waals surface area contributed by atoms with E-state index in [1.807, 2.05) is 0 Å². The Morgan fingerprint density at radius 3 is 2.47 bits per heavy atom. The maximum Gasteiger partial charge on any atom is 0.449 e.